The van der Waals surface area contributed by atoms with Crippen LogP contribution in [0.2, 0.25) is 0 Å². The quantitative estimate of drug-likeness (QED) is 0.663. The third-order valence-corrected chi connectivity index (χ3v) is 5.99. The number of methoxy groups -OCH3 is 3. The van der Waals surface area contributed by atoms with E-state index in [0.29, 0.717) is 11.3 Å². The topological polar surface area (TPSA) is 108 Å². The lowest BCUT2D eigenvalue weighted by Gasteiger charge is -2.17. The molecule has 9 heteroatoms. The van der Waals surface area contributed by atoms with E-state index in [1.54, 1.807) is 19.1 Å². The fraction of sp³-hybridized carbons (Fsp3) is 0.333. The molecule has 0 atom stereocenters. The van der Waals surface area contributed by atoms with Crippen molar-refractivity contribution < 1.29 is 32.2 Å². The maximum Gasteiger partial charge on any atom is 0.337 e. The lowest BCUT2D eigenvalue weighted by molar-refractivity contribution is 0.0599. The van der Waals surface area contributed by atoms with Crippen LogP contribution < -0.4 is 9.46 Å². The SMILES string of the molecule is COC(=O)c1cc(NS(=O)(=O)c2cc(C(C)C)c(OC)cc2C)cc(C(=O)OC)c1. The number of rotatable bonds is 7. The highest BCUT2D eigenvalue weighted by Gasteiger charge is 2.23. The van der Waals surface area contributed by atoms with Crippen LogP contribution in [0.15, 0.2) is 35.2 Å². The lowest BCUT2D eigenvalue weighted by atomic mass is 10.0. The fourth-order valence-electron chi connectivity index (χ4n) is 2.96. The Kier molecular flexibility index (Phi) is 7.09. The largest absolute Gasteiger partial charge is 0.496 e. The molecule has 8 nitrogen and oxygen atoms in total. The highest BCUT2D eigenvalue weighted by Crippen LogP contribution is 2.32. The summed E-state index contributed by atoms with van der Waals surface area (Å²) >= 11 is 0. The Morgan fingerprint density at radius 1 is 0.900 bits per heavy atom. The first kappa shape index (κ1) is 23.2. The van der Waals surface area contributed by atoms with Gasteiger partial charge in [0.05, 0.1) is 43.0 Å². The third kappa shape index (κ3) is 4.91. The summed E-state index contributed by atoms with van der Waals surface area (Å²) in [4.78, 5) is 24.0. The zero-order chi connectivity index (χ0) is 22.6. The Hall–Kier alpha value is -3.07. The van der Waals surface area contributed by atoms with Crippen LogP contribution in [0.25, 0.3) is 0 Å². The van der Waals surface area contributed by atoms with E-state index in [4.69, 9.17) is 4.74 Å². The molecule has 0 unspecified atom stereocenters. The van der Waals surface area contributed by atoms with Gasteiger partial charge in [-0.3, -0.25) is 4.72 Å². The monoisotopic (exact) mass is 435 g/mol. The summed E-state index contributed by atoms with van der Waals surface area (Å²) in [5.41, 5.74) is 1.27. The van der Waals surface area contributed by atoms with E-state index in [1.807, 2.05) is 13.8 Å². The summed E-state index contributed by atoms with van der Waals surface area (Å²) in [5.74, 6) is -0.807. The van der Waals surface area contributed by atoms with Crippen LogP contribution in [0, 0.1) is 6.92 Å². The molecule has 0 spiro atoms. The molecule has 0 aliphatic rings. The molecule has 2 aromatic rings. The molecule has 0 aliphatic carbocycles. The number of hydrogen-bond acceptors (Lipinski definition) is 7. The van der Waals surface area contributed by atoms with Crippen LogP contribution in [0.3, 0.4) is 0 Å². The van der Waals surface area contributed by atoms with E-state index in [-0.39, 0.29) is 27.6 Å². The van der Waals surface area contributed by atoms with Crippen molar-refractivity contribution >= 4 is 27.6 Å². The number of nitrogens with one attached hydrogen (secondary N) is 1. The maximum absolute atomic E-state index is 13.1. The van der Waals surface area contributed by atoms with Crippen molar-refractivity contribution in [2.24, 2.45) is 0 Å². The summed E-state index contributed by atoms with van der Waals surface area (Å²) < 4.78 is 43.4. The molecule has 1 N–H and O–H groups in total. The first-order valence-corrected chi connectivity index (χ1v) is 10.6. The number of ether oxygens (including phenoxy) is 3. The number of sulfonamides is 1. The molecule has 0 aliphatic heterocycles. The molecule has 162 valence electrons. The van der Waals surface area contributed by atoms with Gasteiger partial charge in [-0.25, -0.2) is 18.0 Å². The summed E-state index contributed by atoms with van der Waals surface area (Å²) in [6, 6.07) is 7.07. The van der Waals surface area contributed by atoms with E-state index < -0.39 is 22.0 Å². The minimum atomic E-state index is -4.03. The second-order valence-electron chi connectivity index (χ2n) is 6.90. The van der Waals surface area contributed by atoms with Gasteiger partial charge in [-0.2, -0.15) is 0 Å². The zero-order valence-electron chi connectivity index (χ0n) is 17.7. The second-order valence-corrected chi connectivity index (χ2v) is 8.55. The van der Waals surface area contributed by atoms with Gasteiger partial charge < -0.3 is 14.2 Å². The van der Waals surface area contributed by atoms with Crippen LogP contribution in [0.4, 0.5) is 5.69 Å². The molecule has 0 fully saturated rings. The van der Waals surface area contributed by atoms with Gasteiger partial charge in [0.15, 0.2) is 0 Å². The van der Waals surface area contributed by atoms with Gasteiger partial charge >= 0.3 is 11.9 Å². The van der Waals surface area contributed by atoms with Gasteiger partial charge in [-0.1, -0.05) is 13.8 Å². The van der Waals surface area contributed by atoms with E-state index in [1.165, 1.54) is 39.5 Å². The van der Waals surface area contributed by atoms with Crippen LogP contribution in [-0.4, -0.2) is 41.7 Å². The normalized spacial score (nSPS) is 11.2. The van der Waals surface area contributed by atoms with Crippen molar-refractivity contribution in [1.29, 1.82) is 0 Å². The Morgan fingerprint density at radius 2 is 1.43 bits per heavy atom. The van der Waals surface area contributed by atoms with Crippen molar-refractivity contribution in [3.63, 3.8) is 0 Å². The van der Waals surface area contributed by atoms with Crippen LogP contribution in [-0.2, 0) is 19.5 Å². The van der Waals surface area contributed by atoms with E-state index in [9.17, 15) is 18.0 Å². The van der Waals surface area contributed by atoms with Gasteiger partial charge in [0.1, 0.15) is 5.75 Å². The first-order chi connectivity index (χ1) is 14.0. The number of esters is 2. The Bertz CT molecular complexity index is 1040. The summed E-state index contributed by atoms with van der Waals surface area (Å²) in [6.45, 7) is 5.52. The highest BCUT2D eigenvalue weighted by atomic mass is 32.2. The van der Waals surface area contributed by atoms with Gasteiger partial charge in [-0.15, -0.1) is 0 Å². The van der Waals surface area contributed by atoms with E-state index >= 15 is 0 Å². The minimum Gasteiger partial charge on any atom is -0.496 e. The molecular weight excluding hydrogens is 410 g/mol. The molecule has 2 aromatic carbocycles. The molecule has 0 saturated heterocycles. The Morgan fingerprint density at radius 3 is 1.87 bits per heavy atom. The second kappa shape index (κ2) is 9.17. The minimum absolute atomic E-state index is 0.00687. The zero-order valence-corrected chi connectivity index (χ0v) is 18.5. The summed E-state index contributed by atoms with van der Waals surface area (Å²) in [6.07, 6.45) is 0. The molecule has 30 heavy (non-hydrogen) atoms. The predicted octanol–water partition coefficient (Wildman–Crippen LogP) is 3.50. The number of aryl methyl sites for hydroxylation is 1. The highest BCUT2D eigenvalue weighted by molar-refractivity contribution is 7.92. The first-order valence-electron chi connectivity index (χ1n) is 9.07. The van der Waals surface area contributed by atoms with Gasteiger partial charge in [0, 0.05) is 0 Å². The van der Waals surface area contributed by atoms with Crippen molar-refractivity contribution in [3.8, 4) is 5.75 Å². The van der Waals surface area contributed by atoms with Crippen molar-refractivity contribution in [2.75, 3.05) is 26.1 Å². The predicted molar refractivity (Wildman–Crippen MR) is 112 cm³/mol. The fourth-order valence-corrected chi connectivity index (χ4v) is 4.27. The number of anilines is 1. The standard InChI is InChI=1S/C21H25NO7S/c1-12(2)17-11-19(13(3)7-18(17)27-4)30(25,26)22-16-9-14(20(23)28-5)8-15(10-16)21(24)29-6/h7-12,22H,1-6H3. The average Bonchev–Trinajstić information content (AvgIpc) is 2.70. The van der Waals surface area contributed by atoms with Crippen LogP contribution in [0.1, 0.15) is 51.6 Å². The summed E-state index contributed by atoms with van der Waals surface area (Å²) in [7, 11) is -0.134. The number of hydrogen-bond donors (Lipinski definition) is 1. The van der Waals surface area contributed by atoms with Crippen molar-refractivity contribution in [3.05, 3.63) is 52.6 Å². The molecule has 0 aromatic heterocycles. The van der Waals surface area contributed by atoms with E-state index in [0.717, 1.165) is 5.56 Å². The molecule has 0 bridgehead atoms. The van der Waals surface area contributed by atoms with Gasteiger partial charge in [0.2, 0.25) is 0 Å². The summed E-state index contributed by atoms with van der Waals surface area (Å²) in [5, 5.41) is 0. The van der Waals surface area contributed by atoms with Gasteiger partial charge in [-0.05, 0) is 54.3 Å². The number of carbonyl (C=O) groups is 2. The third-order valence-electron chi connectivity index (χ3n) is 4.47. The van der Waals surface area contributed by atoms with Gasteiger partial charge in [0.25, 0.3) is 10.0 Å². The maximum atomic E-state index is 13.1. The van der Waals surface area contributed by atoms with Crippen molar-refractivity contribution in [2.45, 2.75) is 31.6 Å². The molecule has 0 radical (unpaired) electrons. The average molecular weight is 435 g/mol. The number of carbonyl (C=O) groups excluding carboxylic acids is 2. The molecule has 2 rings (SSSR count). The molecule has 0 saturated carbocycles. The lowest BCUT2D eigenvalue weighted by Crippen LogP contribution is -2.16. The van der Waals surface area contributed by atoms with Crippen molar-refractivity contribution in [1.82, 2.24) is 0 Å². The smallest absolute Gasteiger partial charge is 0.337 e. The number of benzene rings is 2. The molecular formula is C21H25NO7S. The molecule has 0 heterocycles. The van der Waals surface area contributed by atoms with Crippen LogP contribution in [0.5, 0.6) is 5.75 Å². The molecule has 0 amide bonds. The Labute approximate surface area is 176 Å². The Balaban J connectivity index is 2.57. The van der Waals surface area contributed by atoms with E-state index in [2.05, 4.69) is 14.2 Å². The van der Waals surface area contributed by atoms with Crippen LogP contribution >= 0.6 is 0 Å².